The van der Waals surface area contributed by atoms with E-state index in [-0.39, 0.29) is 17.7 Å². The van der Waals surface area contributed by atoms with E-state index in [1.165, 1.54) is 10.4 Å². The second kappa shape index (κ2) is 7.85. The van der Waals surface area contributed by atoms with Crippen molar-refractivity contribution in [1.29, 1.82) is 0 Å². The SMILES string of the molecule is COC1COC(O)(CO[Si](c2ccccc2)(c2ccccc2)C(C)(C)C)C1. The summed E-state index contributed by atoms with van der Waals surface area (Å²) in [6.07, 6.45) is 0.319. The summed E-state index contributed by atoms with van der Waals surface area (Å²) in [7, 11) is -1.04. The summed E-state index contributed by atoms with van der Waals surface area (Å²) < 4.78 is 17.8. The molecule has 5 heteroatoms. The van der Waals surface area contributed by atoms with E-state index in [0.717, 1.165) is 0 Å². The Morgan fingerprint density at radius 3 is 1.96 bits per heavy atom. The molecule has 4 nitrogen and oxygen atoms in total. The Kier molecular flexibility index (Phi) is 5.89. The Bertz CT molecular complexity index is 689. The summed E-state index contributed by atoms with van der Waals surface area (Å²) in [4.78, 5) is 0. The molecule has 3 rings (SSSR count). The van der Waals surface area contributed by atoms with Crippen molar-refractivity contribution in [3.05, 3.63) is 60.7 Å². The van der Waals surface area contributed by atoms with Crippen LogP contribution in [0.15, 0.2) is 60.7 Å². The predicted molar refractivity (Wildman–Crippen MR) is 110 cm³/mol. The first-order valence-corrected chi connectivity index (χ1v) is 11.4. The van der Waals surface area contributed by atoms with Crippen LogP contribution in [0, 0.1) is 0 Å². The summed E-state index contributed by atoms with van der Waals surface area (Å²) in [5, 5.41) is 13.2. The van der Waals surface area contributed by atoms with Crippen molar-refractivity contribution < 1.29 is 19.0 Å². The van der Waals surface area contributed by atoms with Gasteiger partial charge in [-0.15, -0.1) is 0 Å². The maximum absolute atomic E-state index is 10.9. The number of hydrogen-bond acceptors (Lipinski definition) is 4. The minimum Gasteiger partial charge on any atom is -0.402 e. The Morgan fingerprint density at radius 2 is 1.56 bits per heavy atom. The van der Waals surface area contributed by atoms with Gasteiger partial charge in [0.1, 0.15) is 0 Å². The van der Waals surface area contributed by atoms with Gasteiger partial charge in [-0.05, 0) is 15.4 Å². The highest BCUT2D eigenvalue weighted by Crippen LogP contribution is 2.38. The summed E-state index contributed by atoms with van der Waals surface area (Å²) in [6.45, 7) is 7.17. The fourth-order valence-corrected chi connectivity index (χ4v) is 8.55. The third-order valence-electron chi connectivity index (χ3n) is 5.35. The zero-order chi connectivity index (χ0) is 19.5. The summed E-state index contributed by atoms with van der Waals surface area (Å²) in [5.74, 6) is -1.31. The van der Waals surface area contributed by atoms with Crippen LogP contribution >= 0.6 is 0 Å². The van der Waals surface area contributed by atoms with Crippen LogP contribution in [0.25, 0.3) is 0 Å². The van der Waals surface area contributed by atoms with Crippen LogP contribution in [0.4, 0.5) is 0 Å². The molecule has 0 spiro atoms. The Morgan fingerprint density at radius 1 is 1.04 bits per heavy atom. The lowest BCUT2D eigenvalue weighted by molar-refractivity contribution is -0.190. The van der Waals surface area contributed by atoms with Gasteiger partial charge < -0.3 is 19.0 Å². The van der Waals surface area contributed by atoms with Crippen molar-refractivity contribution in [2.45, 2.75) is 44.1 Å². The van der Waals surface area contributed by atoms with Gasteiger partial charge in [0.25, 0.3) is 8.32 Å². The molecule has 1 fully saturated rings. The molecule has 2 atom stereocenters. The number of benzene rings is 2. The first-order valence-electron chi connectivity index (χ1n) is 9.45. The molecular weight excluding hydrogens is 356 g/mol. The van der Waals surface area contributed by atoms with Gasteiger partial charge in [-0.2, -0.15) is 0 Å². The van der Waals surface area contributed by atoms with Crippen LogP contribution < -0.4 is 10.4 Å². The number of aliphatic hydroxyl groups is 1. The standard InChI is InChI=1S/C22H30O4Si/c1-21(2,3)27(19-11-7-5-8-12-19,20-13-9-6-10-14-20)26-17-22(23)15-18(24-4)16-25-22/h5-14,18,23H,15-17H2,1-4H3. The van der Waals surface area contributed by atoms with E-state index >= 15 is 0 Å². The molecule has 2 aromatic rings. The zero-order valence-corrected chi connectivity index (χ0v) is 17.6. The van der Waals surface area contributed by atoms with Crippen LogP contribution in [0.5, 0.6) is 0 Å². The lowest BCUT2D eigenvalue weighted by Gasteiger charge is -2.44. The molecule has 146 valence electrons. The quantitative estimate of drug-likeness (QED) is 0.776. The van der Waals surface area contributed by atoms with Gasteiger partial charge in [0.15, 0.2) is 5.79 Å². The lowest BCUT2D eigenvalue weighted by atomic mass is 10.2. The molecule has 0 aromatic heterocycles. The van der Waals surface area contributed by atoms with E-state index in [0.29, 0.717) is 13.0 Å². The molecule has 0 radical (unpaired) electrons. The summed E-state index contributed by atoms with van der Waals surface area (Å²) in [5.41, 5.74) is 0. The predicted octanol–water partition coefficient (Wildman–Crippen LogP) is 2.69. The minimum atomic E-state index is -2.68. The van der Waals surface area contributed by atoms with E-state index in [4.69, 9.17) is 13.9 Å². The van der Waals surface area contributed by atoms with Crippen LogP contribution in [0.3, 0.4) is 0 Å². The fraction of sp³-hybridized carbons (Fsp3) is 0.455. The summed E-state index contributed by atoms with van der Waals surface area (Å²) in [6, 6.07) is 20.8. The molecule has 1 aliphatic heterocycles. The van der Waals surface area contributed by atoms with Crippen LogP contribution in [0.2, 0.25) is 5.04 Å². The molecule has 0 aliphatic carbocycles. The number of rotatable bonds is 6. The highest BCUT2D eigenvalue weighted by molar-refractivity contribution is 6.99. The monoisotopic (exact) mass is 386 g/mol. The minimum absolute atomic E-state index is 0.0993. The van der Waals surface area contributed by atoms with E-state index in [2.05, 4.69) is 69.3 Å². The first-order chi connectivity index (χ1) is 12.8. The molecular formula is C22H30O4Si. The highest BCUT2D eigenvalue weighted by Gasteiger charge is 2.52. The van der Waals surface area contributed by atoms with E-state index < -0.39 is 14.1 Å². The number of methoxy groups -OCH3 is 1. The molecule has 0 amide bonds. The third kappa shape index (κ3) is 4.03. The highest BCUT2D eigenvalue weighted by atomic mass is 28.4. The van der Waals surface area contributed by atoms with Crippen LogP contribution in [0.1, 0.15) is 27.2 Å². The first kappa shape index (κ1) is 20.2. The van der Waals surface area contributed by atoms with Gasteiger partial charge in [-0.1, -0.05) is 81.4 Å². The average Bonchev–Trinajstić information content (AvgIpc) is 3.05. The van der Waals surface area contributed by atoms with Crippen molar-refractivity contribution >= 4 is 18.7 Å². The lowest BCUT2D eigenvalue weighted by Crippen LogP contribution is -2.67. The van der Waals surface area contributed by atoms with Gasteiger partial charge in [0.2, 0.25) is 0 Å². The molecule has 0 saturated carbocycles. The van der Waals surface area contributed by atoms with Gasteiger partial charge in [0.05, 0.1) is 19.3 Å². The molecule has 1 aliphatic rings. The number of ether oxygens (including phenoxy) is 2. The van der Waals surface area contributed by atoms with Gasteiger partial charge >= 0.3 is 0 Å². The van der Waals surface area contributed by atoms with E-state index in [9.17, 15) is 5.11 Å². The van der Waals surface area contributed by atoms with E-state index in [1.54, 1.807) is 7.11 Å². The Hall–Kier alpha value is -1.50. The number of hydrogen-bond donors (Lipinski definition) is 1. The Balaban J connectivity index is 2.02. The van der Waals surface area contributed by atoms with Crippen LogP contribution in [-0.2, 0) is 13.9 Å². The van der Waals surface area contributed by atoms with Gasteiger partial charge in [0, 0.05) is 13.5 Å². The molecule has 27 heavy (non-hydrogen) atoms. The topological polar surface area (TPSA) is 47.9 Å². The van der Waals surface area contributed by atoms with Gasteiger partial charge in [-0.25, -0.2) is 0 Å². The molecule has 1 heterocycles. The van der Waals surface area contributed by atoms with Crippen molar-refractivity contribution in [1.82, 2.24) is 0 Å². The van der Waals surface area contributed by atoms with Crippen molar-refractivity contribution in [3.63, 3.8) is 0 Å². The molecule has 1 saturated heterocycles. The smallest absolute Gasteiger partial charge is 0.261 e. The third-order valence-corrected chi connectivity index (χ3v) is 10.3. The Labute approximate surface area is 163 Å². The molecule has 2 unspecified atom stereocenters. The maximum atomic E-state index is 10.9. The molecule has 1 N–H and O–H groups in total. The zero-order valence-electron chi connectivity index (χ0n) is 16.6. The second-order valence-electron chi connectivity index (χ2n) is 8.27. The maximum Gasteiger partial charge on any atom is 0.261 e. The normalized spacial score (nSPS) is 23.5. The molecule has 0 bridgehead atoms. The largest absolute Gasteiger partial charge is 0.402 e. The fourth-order valence-electron chi connectivity index (χ4n) is 3.96. The van der Waals surface area contributed by atoms with Crippen molar-refractivity contribution in [2.24, 2.45) is 0 Å². The van der Waals surface area contributed by atoms with Crippen LogP contribution in [-0.4, -0.2) is 45.6 Å². The van der Waals surface area contributed by atoms with Crippen molar-refractivity contribution in [2.75, 3.05) is 20.3 Å². The summed E-state index contributed by atoms with van der Waals surface area (Å²) >= 11 is 0. The van der Waals surface area contributed by atoms with Crippen molar-refractivity contribution in [3.8, 4) is 0 Å². The van der Waals surface area contributed by atoms with E-state index in [1.807, 2.05) is 12.1 Å². The molecule has 2 aromatic carbocycles. The van der Waals surface area contributed by atoms with Gasteiger partial charge in [-0.3, -0.25) is 0 Å². The average molecular weight is 387 g/mol. The second-order valence-corrected chi connectivity index (χ2v) is 12.6.